The van der Waals surface area contributed by atoms with E-state index in [4.69, 9.17) is 15.2 Å². The number of benzene rings is 5. The van der Waals surface area contributed by atoms with Crippen molar-refractivity contribution in [2.24, 2.45) is 5.73 Å². The van der Waals surface area contributed by atoms with Crippen LogP contribution in [0.25, 0.3) is 21.5 Å². The number of nitrogens with zero attached hydrogens (tertiary/aromatic N) is 1. The van der Waals surface area contributed by atoms with Crippen LogP contribution in [0, 0.1) is 0 Å². The second-order valence-electron chi connectivity index (χ2n) is 10.8. The molecule has 3 atom stereocenters. The quantitative estimate of drug-likeness (QED) is 0.220. The summed E-state index contributed by atoms with van der Waals surface area (Å²) in [5.74, 6) is 0. The van der Waals surface area contributed by atoms with Crippen LogP contribution >= 0.6 is 0 Å². The number of rotatable bonds is 8. The van der Waals surface area contributed by atoms with Crippen molar-refractivity contribution in [3.05, 3.63) is 131 Å². The Bertz CT molecular complexity index is 1470. The fraction of sp³-hybridized carbons (Fsp3) is 0.257. The van der Waals surface area contributed by atoms with Gasteiger partial charge in [0.25, 0.3) is 0 Å². The molecule has 5 heteroatoms. The molecule has 0 aliphatic carbocycles. The van der Waals surface area contributed by atoms with E-state index >= 15 is 0 Å². The third kappa shape index (κ3) is 5.66. The highest BCUT2D eigenvalue weighted by Gasteiger charge is 2.33. The lowest BCUT2D eigenvalue weighted by Crippen LogP contribution is -2.37. The second kappa shape index (κ2) is 11.9. The summed E-state index contributed by atoms with van der Waals surface area (Å²) < 4.78 is 13.1. The SMILES string of the molecule is CN(Cc1c2ccccc2cc2ccccc12)CC1CC(c2ccc(CO)cc2)OC(c2ccc(CN)cc2)O1. The second-order valence-corrected chi connectivity index (χ2v) is 10.8. The summed E-state index contributed by atoms with van der Waals surface area (Å²) >= 11 is 0. The largest absolute Gasteiger partial charge is 0.392 e. The third-order valence-corrected chi connectivity index (χ3v) is 7.93. The Labute approximate surface area is 235 Å². The van der Waals surface area contributed by atoms with Crippen molar-refractivity contribution >= 4 is 21.5 Å². The van der Waals surface area contributed by atoms with Gasteiger partial charge < -0.3 is 20.3 Å². The van der Waals surface area contributed by atoms with Crippen molar-refractivity contribution in [2.75, 3.05) is 13.6 Å². The smallest absolute Gasteiger partial charge is 0.184 e. The Morgan fingerprint density at radius 3 is 2.00 bits per heavy atom. The van der Waals surface area contributed by atoms with Crippen LogP contribution in [0.2, 0.25) is 0 Å². The minimum Gasteiger partial charge on any atom is -0.392 e. The van der Waals surface area contributed by atoms with Crippen molar-refractivity contribution in [3.8, 4) is 0 Å². The zero-order valence-electron chi connectivity index (χ0n) is 22.9. The summed E-state index contributed by atoms with van der Waals surface area (Å²) in [5.41, 5.74) is 11.2. The van der Waals surface area contributed by atoms with Gasteiger partial charge in [0.05, 0.1) is 18.8 Å². The molecule has 3 unspecified atom stereocenters. The average Bonchev–Trinajstić information content (AvgIpc) is 3.01. The van der Waals surface area contributed by atoms with Gasteiger partial charge >= 0.3 is 0 Å². The Kier molecular flexibility index (Phi) is 7.91. The van der Waals surface area contributed by atoms with Gasteiger partial charge in [0.15, 0.2) is 6.29 Å². The standard InChI is InChI=1S/C35H36N2O3/c1-37(22-33-31-8-4-2-6-28(31)18-29-7-3-5-9-32(29)33)21-30-19-34(26-14-12-25(23-38)13-15-26)40-35(39-30)27-16-10-24(20-36)11-17-27/h2-18,30,34-35,38H,19-23,36H2,1H3. The molecule has 1 fully saturated rings. The van der Waals surface area contributed by atoms with Crippen LogP contribution in [0.3, 0.4) is 0 Å². The predicted molar refractivity (Wildman–Crippen MR) is 161 cm³/mol. The van der Waals surface area contributed by atoms with Crippen LogP contribution in [0.1, 0.15) is 46.6 Å². The van der Waals surface area contributed by atoms with Gasteiger partial charge in [0, 0.05) is 31.6 Å². The van der Waals surface area contributed by atoms with E-state index in [9.17, 15) is 5.11 Å². The molecule has 1 aliphatic heterocycles. The van der Waals surface area contributed by atoms with Crippen LogP contribution in [-0.2, 0) is 29.2 Å². The first-order chi connectivity index (χ1) is 19.6. The average molecular weight is 533 g/mol. The maximum Gasteiger partial charge on any atom is 0.184 e. The number of likely N-dealkylation sites (N-methyl/N-ethyl adjacent to an activating group) is 1. The van der Waals surface area contributed by atoms with Gasteiger partial charge in [-0.3, -0.25) is 4.90 Å². The summed E-state index contributed by atoms with van der Waals surface area (Å²) in [4.78, 5) is 2.37. The monoisotopic (exact) mass is 532 g/mol. The van der Waals surface area contributed by atoms with E-state index in [1.807, 2.05) is 36.4 Å². The van der Waals surface area contributed by atoms with Gasteiger partial charge in [0.1, 0.15) is 0 Å². The van der Waals surface area contributed by atoms with Crippen LogP contribution in [0.5, 0.6) is 0 Å². The Morgan fingerprint density at radius 1 is 0.775 bits per heavy atom. The van der Waals surface area contributed by atoms with E-state index in [1.165, 1.54) is 27.1 Å². The molecule has 1 aliphatic rings. The normalized spacial score (nSPS) is 19.4. The summed E-state index contributed by atoms with van der Waals surface area (Å²) in [7, 11) is 2.17. The molecule has 6 rings (SSSR count). The minimum absolute atomic E-state index is 0.0262. The topological polar surface area (TPSA) is 68.0 Å². The van der Waals surface area contributed by atoms with Gasteiger partial charge in [-0.05, 0) is 56.9 Å². The molecule has 3 N–H and O–H groups in total. The maximum absolute atomic E-state index is 9.50. The highest BCUT2D eigenvalue weighted by Crippen LogP contribution is 2.38. The maximum atomic E-state index is 9.50. The molecule has 0 radical (unpaired) electrons. The summed E-state index contributed by atoms with van der Waals surface area (Å²) in [6, 6.07) is 35.8. The van der Waals surface area contributed by atoms with E-state index in [0.717, 1.165) is 41.8 Å². The van der Waals surface area contributed by atoms with E-state index in [1.54, 1.807) is 0 Å². The summed E-state index contributed by atoms with van der Waals surface area (Å²) in [6.07, 6.45) is 0.135. The van der Waals surface area contributed by atoms with Gasteiger partial charge in [-0.1, -0.05) is 97.1 Å². The van der Waals surface area contributed by atoms with Gasteiger partial charge in [0.2, 0.25) is 0 Å². The number of nitrogens with two attached hydrogens (primary N) is 1. The summed E-state index contributed by atoms with van der Waals surface area (Å²) in [6.45, 7) is 2.11. The first-order valence-corrected chi connectivity index (χ1v) is 14.0. The van der Waals surface area contributed by atoms with E-state index in [-0.39, 0.29) is 18.8 Å². The molecule has 0 spiro atoms. The predicted octanol–water partition coefficient (Wildman–Crippen LogP) is 6.62. The van der Waals surface area contributed by atoms with Crippen molar-refractivity contribution in [1.29, 1.82) is 0 Å². The van der Waals surface area contributed by atoms with Crippen molar-refractivity contribution < 1.29 is 14.6 Å². The zero-order chi connectivity index (χ0) is 27.5. The number of hydrogen-bond donors (Lipinski definition) is 2. The van der Waals surface area contributed by atoms with E-state index < -0.39 is 6.29 Å². The van der Waals surface area contributed by atoms with Crippen LogP contribution in [-0.4, -0.2) is 29.7 Å². The molecule has 40 heavy (non-hydrogen) atoms. The van der Waals surface area contributed by atoms with E-state index in [0.29, 0.717) is 6.54 Å². The molecule has 0 aromatic heterocycles. The molecule has 1 saturated heterocycles. The number of fused-ring (bicyclic) bond motifs is 2. The molecule has 5 nitrogen and oxygen atoms in total. The van der Waals surface area contributed by atoms with Gasteiger partial charge in [-0.2, -0.15) is 0 Å². The van der Waals surface area contributed by atoms with Crippen LogP contribution in [0.15, 0.2) is 103 Å². The number of ether oxygens (including phenoxy) is 2. The fourth-order valence-electron chi connectivity index (χ4n) is 5.80. The lowest BCUT2D eigenvalue weighted by molar-refractivity contribution is -0.252. The van der Waals surface area contributed by atoms with Crippen molar-refractivity contribution in [1.82, 2.24) is 4.90 Å². The third-order valence-electron chi connectivity index (χ3n) is 7.93. The molecule has 0 saturated carbocycles. The number of aliphatic hydroxyl groups excluding tert-OH is 1. The van der Waals surface area contributed by atoms with Crippen molar-refractivity contribution in [3.63, 3.8) is 0 Å². The molecule has 1 heterocycles. The molecule has 5 aromatic rings. The minimum atomic E-state index is -0.472. The molecule has 204 valence electrons. The van der Waals surface area contributed by atoms with Crippen LogP contribution in [0.4, 0.5) is 0 Å². The Balaban J connectivity index is 1.27. The first-order valence-electron chi connectivity index (χ1n) is 14.0. The molecular weight excluding hydrogens is 496 g/mol. The van der Waals surface area contributed by atoms with Crippen LogP contribution < -0.4 is 5.73 Å². The summed E-state index contributed by atoms with van der Waals surface area (Å²) in [5, 5.41) is 14.6. The first kappa shape index (κ1) is 26.6. The highest BCUT2D eigenvalue weighted by atomic mass is 16.7. The number of aliphatic hydroxyl groups is 1. The Hall–Kier alpha value is -3.58. The lowest BCUT2D eigenvalue weighted by atomic mass is 9.96. The van der Waals surface area contributed by atoms with E-state index in [2.05, 4.69) is 78.7 Å². The fourth-order valence-corrected chi connectivity index (χ4v) is 5.80. The van der Waals surface area contributed by atoms with Crippen molar-refractivity contribution in [2.45, 2.75) is 44.6 Å². The lowest BCUT2D eigenvalue weighted by Gasteiger charge is -2.38. The molecule has 0 bridgehead atoms. The Morgan fingerprint density at radius 2 is 1.38 bits per heavy atom. The number of hydrogen-bond acceptors (Lipinski definition) is 5. The zero-order valence-corrected chi connectivity index (χ0v) is 22.9. The van der Waals surface area contributed by atoms with Gasteiger partial charge in [-0.25, -0.2) is 0 Å². The molecule has 5 aromatic carbocycles. The molecular formula is C35H36N2O3. The highest BCUT2D eigenvalue weighted by molar-refractivity contribution is 6.02. The van der Waals surface area contributed by atoms with Gasteiger partial charge in [-0.15, -0.1) is 0 Å². The molecule has 0 amide bonds.